The Balaban J connectivity index is 2.24. The minimum Gasteiger partial charge on any atom is -0.478 e. The molecular weight excluding hydrogens is 355 g/mol. The Morgan fingerprint density at radius 2 is 1.76 bits per heavy atom. The van der Waals surface area contributed by atoms with Gasteiger partial charge in [0.2, 0.25) is 0 Å². The Morgan fingerprint density at radius 3 is 2.32 bits per heavy atom. The average molecular weight is 366 g/mol. The summed E-state index contributed by atoms with van der Waals surface area (Å²) in [6, 6.07) is 9.02. The number of carboxylic acid groups (broad SMARTS) is 1. The SMILES string of the molecule is Cc1ccc(Cl)c2c(C(=O)O)cc(-c3ccc(C(F)(F)F)cc3)nc12. The highest BCUT2D eigenvalue weighted by Gasteiger charge is 2.30. The van der Waals surface area contributed by atoms with Gasteiger partial charge in [-0.1, -0.05) is 29.8 Å². The van der Waals surface area contributed by atoms with E-state index in [9.17, 15) is 23.1 Å². The number of fused-ring (bicyclic) bond motifs is 1. The molecule has 0 aliphatic heterocycles. The predicted molar refractivity (Wildman–Crippen MR) is 88.9 cm³/mol. The second kappa shape index (κ2) is 6.04. The molecule has 2 aromatic carbocycles. The van der Waals surface area contributed by atoms with Crippen LogP contribution in [0.15, 0.2) is 42.5 Å². The number of benzene rings is 2. The largest absolute Gasteiger partial charge is 0.478 e. The van der Waals surface area contributed by atoms with Crippen LogP contribution in [0.25, 0.3) is 22.2 Å². The van der Waals surface area contributed by atoms with E-state index in [0.717, 1.165) is 17.7 Å². The quantitative estimate of drug-likeness (QED) is 0.645. The molecule has 0 saturated heterocycles. The zero-order chi connectivity index (χ0) is 18.4. The van der Waals surface area contributed by atoms with Gasteiger partial charge in [0.1, 0.15) is 0 Å². The molecule has 0 spiro atoms. The number of carbonyl (C=O) groups is 1. The van der Waals surface area contributed by atoms with Gasteiger partial charge in [0.05, 0.1) is 27.4 Å². The van der Waals surface area contributed by atoms with Crippen LogP contribution in [-0.2, 0) is 6.18 Å². The maximum Gasteiger partial charge on any atom is 0.416 e. The summed E-state index contributed by atoms with van der Waals surface area (Å²) < 4.78 is 38.1. The smallest absolute Gasteiger partial charge is 0.416 e. The van der Waals surface area contributed by atoms with Crippen molar-refractivity contribution in [3.63, 3.8) is 0 Å². The van der Waals surface area contributed by atoms with Gasteiger partial charge in [0.15, 0.2) is 0 Å². The van der Waals surface area contributed by atoms with E-state index in [-0.39, 0.29) is 16.3 Å². The van der Waals surface area contributed by atoms with Crippen LogP contribution in [0.4, 0.5) is 13.2 Å². The van der Waals surface area contributed by atoms with Crippen LogP contribution >= 0.6 is 11.6 Å². The van der Waals surface area contributed by atoms with Gasteiger partial charge in [-0.2, -0.15) is 13.2 Å². The third kappa shape index (κ3) is 3.17. The van der Waals surface area contributed by atoms with Gasteiger partial charge in [-0.3, -0.25) is 0 Å². The predicted octanol–water partition coefficient (Wildman–Crippen LogP) is 5.58. The van der Waals surface area contributed by atoms with Gasteiger partial charge in [-0.25, -0.2) is 9.78 Å². The van der Waals surface area contributed by atoms with Crippen LogP contribution in [0.3, 0.4) is 0 Å². The molecule has 0 aliphatic rings. The molecule has 128 valence electrons. The van der Waals surface area contributed by atoms with Crippen LogP contribution in [0.2, 0.25) is 5.02 Å². The van der Waals surface area contributed by atoms with Crippen LogP contribution in [0.5, 0.6) is 0 Å². The van der Waals surface area contributed by atoms with Gasteiger partial charge in [-0.05, 0) is 36.8 Å². The highest BCUT2D eigenvalue weighted by Crippen LogP contribution is 2.34. The van der Waals surface area contributed by atoms with E-state index in [2.05, 4.69) is 4.98 Å². The van der Waals surface area contributed by atoms with Gasteiger partial charge < -0.3 is 5.11 Å². The third-order valence-corrected chi connectivity index (χ3v) is 4.16. The minimum absolute atomic E-state index is 0.0476. The lowest BCUT2D eigenvalue weighted by Crippen LogP contribution is -2.04. The van der Waals surface area contributed by atoms with E-state index in [1.165, 1.54) is 18.2 Å². The lowest BCUT2D eigenvalue weighted by atomic mass is 10.0. The maximum absolute atomic E-state index is 12.7. The second-order valence-electron chi connectivity index (χ2n) is 5.52. The van der Waals surface area contributed by atoms with E-state index in [4.69, 9.17) is 11.6 Å². The first-order chi connectivity index (χ1) is 11.7. The van der Waals surface area contributed by atoms with Crippen molar-refractivity contribution in [1.29, 1.82) is 0 Å². The first-order valence-corrected chi connectivity index (χ1v) is 7.57. The zero-order valence-electron chi connectivity index (χ0n) is 12.9. The molecule has 0 unspecified atom stereocenters. The van der Waals surface area contributed by atoms with E-state index >= 15 is 0 Å². The number of aryl methyl sites for hydroxylation is 1. The highest BCUT2D eigenvalue weighted by molar-refractivity contribution is 6.36. The first kappa shape index (κ1) is 17.2. The Bertz CT molecular complexity index is 982. The number of alkyl halides is 3. The molecule has 0 bridgehead atoms. The van der Waals surface area contributed by atoms with Gasteiger partial charge in [-0.15, -0.1) is 0 Å². The van der Waals surface area contributed by atoms with Crippen molar-refractivity contribution >= 4 is 28.5 Å². The lowest BCUT2D eigenvalue weighted by Gasteiger charge is -2.11. The molecule has 1 N–H and O–H groups in total. The number of rotatable bonds is 2. The van der Waals surface area contributed by atoms with Crippen molar-refractivity contribution in [2.24, 2.45) is 0 Å². The van der Waals surface area contributed by atoms with Crippen LogP contribution in [-0.4, -0.2) is 16.1 Å². The molecule has 0 fully saturated rings. The van der Waals surface area contributed by atoms with Crippen molar-refractivity contribution in [1.82, 2.24) is 4.98 Å². The summed E-state index contributed by atoms with van der Waals surface area (Å²) in [7, 11) is 0. The summed E-state index contributed by atoms with van der Waals surface area (Å²) >= 11 is 6.12. The van der Waals surface area contributed by atoms with Gasteiger partial charge >= 0.3 is 12.1 Å². The molecule has 3 aromatic rings. The number of aromatic carboxylic acids is 1. The molecular formula is C18H11ClF3NO2. The molecule has 3 nitrogen and oxygen atoms in total. The number of hydrogen-bond donors (Lipinski definition) is 1. The molecule has 1 heterocycles. The van der Waals surface area contributed by atoms with Crippen molar-refractivity contribution in [3.05, 3.63) is 64.2 Å². The third-order valence-electron chi connectivity index (χ3n) is 3.85. The fourth-order valence-corrected chi connectivity index (χ4v) is 2.83. The molecule has 0 aliphatic carbocycles. The van der Waals surface area contributed by atoms with E-state index < -0.39 is 17.7 Å². The summed E-state index contributed by atoms with van der Waals surface area (Å²) in [6.07, 6.45) is -4.44. The molecule has 0 radical (unpaired) electrons. The Kier molecular flexibility index (Phi) is 4.16. The van der Waals surface area contributed by atoms with Crippen molar-refractivity contribution in [2.45, 2.75) is 13.1 Å². The molecule has 0 atom stereocenters. The standard InChI is InChI=1S/C18H11ClF3NO2/c1-9-2-7-13(19)15-12(17(24)25)8-14(23-16(9)15)10-3-5-11(6-4-10)18(20,21)22/h2-8H,1H3,(H,24,25). The minimum atomic E-state index is -4.44. The highest BCUT2D eigenvalue weighted by atomic mass is 35.5. The average Bonchev–Trinajstić information content (AvgIpc) is 2.56. The van der Waals surface area contributed by atoms with Crippen LogP contribution < -0.4 is 0 Å². The first-order valence-electron chi connectivity index (χ1n) is 7.19. The van der Waals surface area contributed by atoms with Crippen LogP contribution in [0, 0.1) is 6.92 Å². The second-order valence-corrected chi connectivity index (χ2v) is 5.93. The topological polar surface area (TPSA) is 50.2 Å². The molecule has 7 heteroatoms. The summed E-state index contributed by atoms with van der Waals surface area (Å²) in [5.41, 5.74) is 0.946. The summed E-state index contributed by atoms with van der Waals surface area (Å²) in [6.45, 7) is 1.76. The monoisotopic (exact) mass is 365 g/mol. The Hall–Kier alpha value is -2.60. The van der Waals surface area contributed by atoms with Gasteiger partial charge in [0.25, 0.3) is 0 Å². The Morgan fingerprint density at radius 1 is 1.12 bits per heavy atom. The van der Waals surface area contributed by atoms with Crippen molar-refractivity contribution < 1.29 is 23.1 Å². The van der Waals surface area contributed by atoms with E-state index in [1.54, 1.807) is 19.1 Å². The van der Waals surface area contributed by atoms with Gasteiger partial charge in [0, 0.05) is 10.9 Å². The number of hydrogen-bond acceptors (Lipinski definition) is 2. The molecule has 0 saturated carbocycles. The number of pyridine rings is 1. The van der Waals surface area contributed by atoms with Crippen LogP contribution in [0.1, 0.15) is 21.5 Å². The summed E-state index contributed by atoms with van der Waals surface area (Å²) in [4.78, 5) is 16.0. The molecule has 3 rings (SSSR count). The van der Waals surface area contributed by atoms with Crippen molar-refractivity contribution in [2.75, 3.05) is 0 Å². The summed E-state index contributed by atoms with van der Waals surface area (Å²) in [5, 5.41) is 10.0. The van der Waals surface area contributed by atoms with Crippen molar-refractivity contribution in [3.8, 4) is 11.3 Å². The number of carboxylic acids is 1. The maximum atomic E-state index is 12.7. The number of nitrogens with zero attached hydrogens (tertiary/aromatic N) is 1. The fraction of sp³-hybridized carbons (Fsp3) is 0.111. The Labute approximate surface area is 145 Å². The number of aromatic nitrogens is 1. The molecule has 25 heavy (non-hydrogen) atoms. The molecule has 1 aromatic heterocycles. The normalized spacial score (nSPS) is 11.7. The summed E-state index contributed by atoms with van der Waals surface area (Å²) in [5.74, 6) is -1.19. The zero-order valence-corrected chi connectivity index (χ0v) is 13.6. The number of halogens is 4. The molecule has 0 amide bonds. The fourth-order valence-electron chi connectivity index (χ4n) is 2.58. The lowest BCUT2D eigenvalue weighted by molar-refractivity contribution is -0.137. The van der Waals surface area contributed by atoms with E-state index in [1.807, 2.05) is 0 Å². The van der Waals surface area contributed by atoms with E-state index in [0.29, 0.717) is 16.5 Å².